The fourth-order valence-electron chi connectivity index (χ4n) is 0.893. The van der Waals surface area contributed by atoms with Crippen LogP contribution in [0.3, 0.4) is 0 Å². The van der Waals surface area contributed by atoms with Crippen LogP contribution in [0.5, 0.6) is 5.88 Å². The molecule has 1 aromatic heterocycles. The largest absolute Gasteiger partial charge is 0.476 e. The summed E-state index contributed by atoms with van der Waals surface area (Å²) < 4.78 is 5.26. The number of ether oxygens (including phenoxy) is 1. The third-order valence-electron chi connectivity index (χ3n) is 1.71. The molecule has 1 rings (SSSR count). The minimum Gasteiger partial charge on any atom is -0.476 e. The van der Waals surface area contributed by atoms with Gasteiger partial charge in [0.15, 0.2) is 0 Å². The maximum atomic E-state index is 8.54. The van der Waals surface area contributed by atoms with Crippen LogP contribution in [-0.2, 0) is 0 Å². The Morgan fingerprint density at radius 2 is 2.38 bits per heavy atom. The van der Waals surface area contributed by atoms with Crippen LogP contribution >= 0.6 is 0 Å². The number of anilines is 1. The van der Waals surface area contributed by atoms with Crippen molar-refractivity contribution in [3.63, 3.8) is 0 Å². The summed E-state index contributed by atoms with van der Waals surface area (Å²) in [6.45, 7) is 2.46. The Bertz CT molecular complexity index is 276. The summed E-state index contributed by atoms with van der Waals surface area (Å²) in [5.41, 5.74) is 7.24. The van der Waals surface area contributed by atoms with E-state index in [0.29, 0.717) is 24.6 Å². The molecule has 0 saturated heterocycles. The number of hydrogen-bond acceptors (Lipinski definition) is 4. The van der Waals surface area contributed by atoms with Crippen molar-refractivity contribution in [2.75, 3.05) is 18.9 Å². The van der Waals surface area contributed by atoms with E-state index in [1.807, 2.05) is 13.0 Å². The number of aromatic nitrogens is 1. The minimum atomic E-state index is 0.117. The molecule has 0 radical (unpaired) electrons. The Balaban J connectivity index is 2.61. The summed E-state index contributed by atoms with van der Waals surface area (Å²) >= 11 is 0. The average molecular weight is 182 g/mol. The van der Waals surface area contributed by atoms with Crippen LogP contribution in [-0.4, -0.2) is 23.3 Å². The van der Waals surface area contributed by atoms with Gasteiger partial charge in [-0.2, -0.15) is 0 Å². The van der Waals surface area contributed by atoms with Crippen LogP contribution < -0.4 is 10.5 Å². The number of rotatable bonds is 4. The standard InChI is InChI=1S/C9H14N2O2/c1-7-3-4-11-9(8(7)10)13-6-2-5-12/h3-4,12H,2,5-6,10H2,1H3. The third kappa shape index (κ3) is 2.59. The molecular formula is C9H14N2O2. The van der Waals surface area contributed by atoms with Crippen molar-refractivity contribution in [3.05, 3.63) is 17.8 Å². The maximum Gasteiger partial charge on any atom is 0.237 e. The summed E-state index contributed by atoms with van der Waals surface area (Å²) in [6.07, 6.45) is 2.25. The van der Waals surface area contributed by atoms with Gasteiger partial charge in [-0.1, -0.05) is 0 Å². The topological polar surface area (TPSA) is 68.4 Å². The Morgan fingerprint density at radius 1 is 1.62 bits per heavy atom. The molecule has 0 saturated carbocycles. The zero-order chi connectivity index (χ0) is 9.68. The first kappa shape index (κ1) is 9.80. The van der Waals surface area contributed by atoms with Gasteiger partial charge in [-0.15, -0.1) is 0 Å². The van der Waals surface area contributed by atoms with Gasteiger partial charge in [0.05, 0.1) is 12.3 Å². The van der Waals surface area contributed by atoms with Gasteiger partial charge in [-0.3, -0.25) is 0 Å². The number of nitrogen functional groups attached to an aromatic ring is 1. The zero-order valence-corrected chi connectivity index (χ0v) is 7.66. The number of nitrogens with two attached hydrogens (primary N) is 1. The first-order valence-corrected chi connectivity index (χ1v) is 4.20. The van der Waals surface area contributed by atoms with E-state index < -0.39 is 0 Å². The summed E-state index contributed by atoms with van der Waals surface area (Å²) in [6, 6.07) is 1.83. The first-order chi connectivity index (χ1) is 6.25. The van der Waals surface area contributed by atoms with E-state index in [1.54, 1.807) is 6.20 Å². The molecule has 4 nitrogen and oxygen atoms in total. The van der Waals surface area contributed by atoms with Crippen molar-refractivity contribution >= 4 is 5.69 Å². The van der Waals surface area contributed by atoms with Gasteiger partial charge < -0.3 is 15.6 Å². The zero-order valence-electron chi connectivity index (χ0n) is 7.66. The van der Waals surface area contributed by atoms with Gasteiger partial charge in [0.2, 0.25) is 5.88 Å². The Morgan fingerprint density at radius 3 is 3.08 bits per heavy atom. The second-order valence-corrected chi connectivity index (χ2v) is 2.77. The summed E-state index contributed by atoms with van der Waals surface area (Å²) in [5, 5.41) is 8.54. The van der Waals surface area contributed by atoms with Crippen LogP contribution in [0.4, 0.5) is 5.69 Å². The highest BCUT2D eigenvalue weighted by molar-refractivity contribution is 5.53. The molecule has 0 amide bonds. The molecule has 4 heteroatoms. The number of aryl methyl sites for hydroxylation is 1. The average Bonchev–Trinajstić information content (AvgIpc) is 2.13. The summed E-state index contributed by atoms with van der Waals surface area (Å²) in [5.74, 6) is 0.452. The highest BCUT2D eigenvalue weighted by atomic mass is 16.5. The molecule has 0 aliphatic carbocycles. The van der Waals surface area contributed by atoms with E-state index in [1.165, 1.54) is 0 Å². The molecule has 13 heavy (non-hydrogen) atoms. The van der Waals surface area contributed by atoms with Gasteiger partial charge >= 0.3 is 0 Å². The minimum absolute atomic E-state index is 0.117. The van der Waals surface area contributed by atoms with Gasteiger partial charge in [0.25, 0.3) is 0 Å². The third-order valence-corrected chi connectivity index (χ3v) is 1.71. The number of aliphatic hydroxyl groups excluding tert-OH is 1. The van der Waals surface area contributed by atoms with Crippen LogP contribution in [0.25, 0.3) is 0 Å². The Labute approximate surface area is 77.4 Å². The van der Waals surface area contributed by atoms with Gasteiger partial charge in [0, 0.05) is 19.2 Å². The molecule has 0 aromatic carbocycles. The predicted molar refractivity (Wildman–Crippen MR) is 50.6 cm³/mol. The van der Waals surface area contributed by atoms with E-state index in [0.717, 1.165) is 5.56 Å². The number of nitrogens with zero attached hydrogens (tertiary/aromatic N) is 1. The lowest BCUT2D eigenvalue weighted by Crippen LogP contribution is -2.04. The van der Waals surface area contributed by atoms with Crippen molar-refractivity contribution < 1.29 is 9.84 Å². The van der Waals surface area contributed by atoms with Gasteiger partial charge in [0.1, 0.15) is 0 Å². The van der Waals surface area contributed by atoms with Gasteiger partial charge in [-0.05, 0) is 18.6 Å². The lowest BCUT2D eigenvalue weighted by Gasteiger charge is -2.07. The highest BCUT2D eigenvalue weighted by Crippen LogP contribution is 2.20. The monoisotopic (exact) mass is 182 g/mol. The molecule has 0 aliphatic rings. The van der Waals surface area contributed by atoms with Crippen LogP contribution in [0.2, 0.25) is 0 Å². The fraction of sp³-hybridized carbons (Fsp3) is 0.444. The first-order valence-electron chi connectivity index (χ1n) is 4.20. The van der Waals surface area contributed by atoms with Crippen molar-refractivity contribution in [1.29, 1.82) is 0 Å². The van der Waals surface area contributed by atoms with Crippen LogP contribution in [0, 0.1) is 6.92 Å². The summed E-state index contributed by atoms with van der Waals surface area (Å²) in [7, 11) is 0. The van der Waals surface area contributed by atoms with Crippen LogP contribution in [0.15, 0.2) is 12.3 Å². The van der Waals surface area contributed by atoms with E-state index in [4.69, 9.17) is 15.6 Å². The molecule has 0 bridgehead atoms. The normalized spacial score (nSPS) is 10.0. The van der Waals surface area contributed by atoms with Crippen molar-refractivity contribution in [2.45, 2.75) is 13.3 Å². The Kier molecular flexibility index (Phi) is 3.52. The van der Waals surface area contributed by atoms with E-state index in [-0.39, 0.29) is 6.61 Å². The number of hydrogen-bond donors (Lipinski definition) is 2. The lowest BCUT2D eigenvalue weighted by atomic mass is 10.2. The van der Waals surface area contributed by atoms with Crippen molar-refractivity contribution in [2.24, 2.45) is 0 Å². The molecule has 3 N–H and O–H groups in total. The van der Waals surface area contributed by atoms with Crippen LogP contribution in [0.1, 0.15) is 12.0 Å². The predicted octanol–water partition coefficient (Wildman–Crippen LogP) is 0.733. The molecule has 1 aromatic rings. The molecular weight excluding hydrogens is 168 g/mol. The van der Waals surface area contributed by atoms with E-state index >= 15 is 0 Å². The smallest absolute Gasteiger partial charge is 0.237 e. The molecule has 0 aliphatic heterocycles. The van der Waals surface area contributed by atoms with E-state index in [9.17, 15) is 0 Å². The van der Waals surface area contributed by atoms with Crippen molar-refractivity contribution in [3.8, 4) is 5.88 Å². The number of pyridine rings is 1. The molecule has 0 spiro atoms. The molecule has 0 unspecified atom stereocenters. The maximum absolute atomic E-state index is 8.54. The van der Waals surface area contributed by atoms with Crippen molar-refractivity contribution in [1.82, 2.24) is 4.98 Å². The van der Waals surface area contributed by atoms with Gasteiger partial charge in [-0.25, -0.2) is 4.98 Å². The quantitative estimate of drug-likeness (QED) is 0.674. The molecule has 0 fully saturated rings. The SMILES string of the molecule is Cc1ccnc(OCCCO)c1N. The van der Waals surface area contributed by atoms with E-state index in [2.05, 4.69) is 4.98 Å². The summed E-state index contributed by atoms with van der Waals surface area (Å²) in [4.78, 5) is 3.98. The lowest BCUT2D eigenvalue weighted by molar-refractivity contribution is 0.230. The molecule has 0 atom stereocenters. The fourth-order valence-corrected chi connectivity index (χ4v) is 0.893. The number of aliphatic hydroxyl groups is 1. The molecule has 1 heterocycles. The Hall–Kier alpha value is -1.29. The second kappa shape index (κ2) is 4.67. The second-order valence-electron chi connectivity index (χ2n) is 2.77. The molecule has 72 valence electrons. The highest BCUT2D eigenvalue weighted by Gasteiger charge is 2.03.